The standard InChI is InChI=1S/C19H36FN7/c20-14-9-15-16-3-1-7-26(16)17-4-8-27-19(25-17)13(11-24-27)10-21-5-2-6-22-18(15)23-12-14/h13-19,21-25H,1-12H2/t13?,14?,15?,16-,17?,18?,19?/m1/s1. The van der Waals surface area contributed by atoms with Gasteiger partial charge in [0.2, 0.25) is 0 Å². The minimum absolute atomic E-state index is 0.242. The smallest absolute Gasteiger partial charge is 0.113 e. The Balaban J connectivity index is 1.37. The summed E-state index contributed by atoms with van der Waals surface area (Å²) >= 11 is 0. The predicted octanol–water partition coefficient (Wildman–Crippen LogP) is -0.611. The quantitative estimate of drug-likeness (QED) is 0.384. The van der Waals surface area contributed by atoms with E-state index in [4.69, 9.17) is 0 Å². The van der Waals surface area contributed by atoms with Crippen molar-refractivity contribution < 1.29 is 4.39 Å². The maximum atomic E-state index is 14.3. The second-order valence-electron chi connectivity index (χ2n) is 9.07. The van der Waals surface area contributed by atoms with Crippen LogP contribution in [0, 0.1) is 11.8 Å². The molecule has 7 atom stereocenters. The molecule has 0 radical (unpaired) electrons. The first-order valence-electron chi connectivity index (χ1n) is 11.1. The van der Waals surface area contributed by atoms with Crippen LogP contribution >= 0.6 is 0 Å². The maximum Gasteiger partial charge on any atom is 0.113 e. The summed E-state index contributed by atoms with van der Waals surface area (Å²) in [4.78, 5) is 2.69. The topological polar surface area (TPSA) is 66.6 Å². The minimum atomic E-state index is -0.714. The van der Waals surface area contributed by atoms with Crippen molar-refractivity contribution in [3.63, 3.8) is 0 Å². The van der Waals surface area contributed by atoms with E-state index in [9.17, 15) is 4.39 Å². The van der Waals surface area contributed by atoms with Crippen LogP contribution in [0.15, 0.2) is 0 Å². The van der Waals surface area contributed by atoms with Gasteiger partial charge < -0.3 is 10.6 Å². The Bertz CT molecular complexity index is 508. The van der Waals surface area contributed by atoms with Gasteiger partial charge in [-0.3, -0.25) is 21.0 Å². The summed E-state index contributed by atoms with van der Waals surface area (Å²) in [5.41, 5.74) is 3.59. The summed E-state index contributed by atoms with van der Waals surface area (Å²) in [6.45, 7) is 6.88. The predicted molar refractivity (Wildman–Crippen MR) is 104 cm³/mol. The Hall–Kier alpha value is -0.350. The molecule has 5 N–H and O–H groups in total. The van der Waals surface area contributed by atoms with E-state index >= 15 is 0 Å². The molecule has 5 aliphatic heterocycles. The van der Waals surface area contributed by atoms with Crippen molar-refractivity contribution in [1.29, 1.82) is 0 Å². The van der Waals surface area contributed by atoms with Crippen LogP contribution in [0.3, 0.4) is 0 Å². The third-order valence-corrected chi connectivity index (χ3v) is 7.40. The lowest BCUT2D eigenvalue weighted by Crippen LogP contribution is -2.66. The molecule has 7 nitrogen and oxygen atoms in total. The van der Waals surface area contributed by atoms with Gasteiger partial charge in [-0.15, -0.1) is 0 Å². The highest BCUT2D eigenvalue weighted by Crippen LogP contribution is 2.34. The number of nitrogens with one attached hydrogen (secondary N) is 5. The Kier molecular flexibility index (Phi) is 5.65. The number of alkyl halides is 1. The van der Waals surface area contributed by atoms with Gasteiger partial charge in [0.25, 0.3) is 0 Å². The SMILES string of the molecule is FC1CNC2NCCCNCC3CNN4CCC(NC34)N3CCC[C@@H]3C2C1. The third kappa shape index (κ3) is 3.77. The zero-order valence-corrected chi connectivity index (χ0v) is 16.3. The highest BCUT2D eigenvalue weighted by molar-refractivity contribution is 4.99. The van der Waals surface area contributed by atoms with Gasteiger partial charge in [0, 0.05) is 44.1 Å². The largest absolute Gasteiger partial charge is 0.316 e. The van der Waals surface area contributed by atoms with Gasteiger partial charge in [0.05, 0.1) is 18.5 Å². The van der Waals surface area contributed by atoms with Crippen molar-refractivity contribution >= 4 is 0 Å². The van der Waals surface area contributed by atoms with E-state index in [1.54, 1.807) is 0 Å². The van der Waals surface area contributed by atoms with Gasteiger partial charge in [-0.25, -0.2) is 9.40 Å². The fraction of sp³-hybridized carbons (Fsp3) is 1.00. The van der Waals surface area contributed by atoms with E-state index in [-0.39, 0.29) is 6.17 Å². The van der Waals surface area contributed by atoms with Crippen LogP contribution in [0.1, 0.15) is 32.1 Å². The van der Waals surface area contributed by atoms with Crippen molar-refractivity contribution in [3.05, 3.63) is 0 Å². The van der Waals surface area contributed by atoms with Gasteiger partial charge in [0.15, 0.2) is 0 Å². The summed E-state index contributed by atoms with van der Waals surface area (Å²) in [6, 6.07) is 0.478. The number of hydrogen-bond donors (Lipinski definition) is 5. The summed E-state index contributed by atoms with van der Waals surface area (Å²) in [6.07, 6.45) is 5.74. The molecule has 0 aromatic rings. The monoisotopic (exact) mass is 381 g/mol. The number of piperidine rings is 1. The number of halogens is 1. The van der Waals surface area contributed by atoms with Crippen molar-refractivity contribution in [2.24, 2.45) is 11.8 Å². The molecule has 5 saturated heterocycles. The zero-order valence-electron chi connectivity index (χ0n) is 16.3. The molecular formula is C19H36FN7. The summed E-state index contributed by atoms with van der Waals surface area (Å²) < 4.78 is 14.3. The van der Waals surface area contributed by atoms with Gasteiger partial charge in [0.1, 0.15) is 6.17 Å². The van der Waals surface area contributed by atoms with Crippen LogP contribution in [-0.4, -0.2) is 86.4 Å². The van der Waals surface area contributed by atoms with Crippen molar-refractivity contribution in [1.82, 2.24) is 36.6 Å². The van der Waals surface area contributed by atoms with E-state index in [2.05, 4.69) is 36.6 Å². The van der Waals surface area contributed by atoms with Crippen LogP contribution in [0.5, 0.6) is 0 Å². The van der Waals surface area contributed by atoms with Crippen LogP contribution in [0.2, 0.25) is 0 Å². The van der Waals surface area contributed by atoms with Crippen LogP contribution in [0.4, 0.5) is 4.39 Å². The molecular weight excluding hydrogens is 345 g/mol. The summed E-state index contributed by atoms with van der Waals surface area (Å²) in [5, 5.41) is 17.2. The average molecular weight is 382 g/mol. The molecule has 5 rings (SSSR count). The molecule has 5 heterocycles. The highest BCUT2D eigenvalue weighted by Gasteiger charge is 2.45. The first kappa shape index (κ1) is 18.7. The minimum Gasteiger partial charge on any atom is -0.316 e. The molecule has 0 amide bonds. The number of fused-ring (bicyclic) bond motifs is 5. The summed E-state index contributed by atoms with van der Waals surface area (Å²) in [5.74, 6) is 0.952. The molecule has 0 aromatic carbocycles. The number of hydrogen-bond acceptors (Lipinski definition) is 7. The molecule has 8 heteroatoms. The molecule has 5 aliphatic rings. The van der Waals surface area contributed by atoms with Gasteiger partial charge >= 0.3 is 0 Å². The number of nitrogens with zero attached hydrogens (tertiary/aromatic N) is 2. The lowest BCUT2D eigenvalue weighted by atomic mass is 9.85. The third-order valence-electron chi connectivity index (χ3n) is 7.40. The van der Waals surface area contributed by atoms with Gasteiger partial charge in [-0.2, -0.15) is 0 Å². The average Bonchev–Trinajstić information content (AvgIpc) is 3.31. The van der Waals surface area contributed by atoms with Crippen molar-refractivity contribution in [2.45, 2.75) is 62.8 Å². The number of rotatable bonds is 0. The molecule has 27 heavy (non-hydrogen) atoms. The molecule has 5 fully saturated rings. The van der Waals surface area contributed by atoms with Crippen molar-refractivity contribution in [3.8, 4) is 0 Å². The second-order valence-corrected chi connectivity index (χ2v) is 9.07. The Morgan fingerprint density at radius 1 is 0.926 bits per heavy atom. The van der Waals surface area contributed by atoms with Gasteiger partial charge in [-0.05, 0) is 51.7 Å². The molecule has 6 unspecified atom stereocenters. The first-order valence-corrected chi connectivity index (χ1v) is 11.1. The van der Waals surface area contributed by atoms with Gasteiger partial charge in [-0.1, -0.05) is 0 Å². The van der Waals surface area contributed by atoms with E-state index in [0.717, 1.165) is 52.1 Å². The van der Waals surface area contributed by atoms with E-state index in [0.29, 0.717) is 43.2 Å². The fourth-order valence-electron chi connectivity index (χ4n) is 6.07. The Labute approximate surface area is 162 Å². The van der Waals surface area contributed by atoms with Crippen LogP contribution in [0.25, 0.3) is 0 Å². The highest BCUT2D eigenvalue weighted by atomic mass is 19.1. The lowest BCUT2D eigenvalue weighted by Gasteiger charge is -2.47. The van der Waals surface area contributed by atoms with Crippen LogP contribution in [-0.2, 0) is 0 Å². The van der Waals surface area contributed by atoms with E-state index in [1.807, 2.05) is 0 Å². The molecule has 0 spiro atoms. The molecule has 0 aromatic heterocycles. The Morgan fingerprint density at radius 2 is 1.89 bits per heavy atom. The number of hydrazine groups is 1. The molecule has 0 aliphatic carbocycles. The van der Waals surface area contributed by atoms with E-state index < -0.39 is 6.17 Å². The second kappa shape index (κ2) is 8.18. The van der Waals surface area contributed by atoms with Crippen LogP contribution < -0.4 is 26.7 Å². The normalized spacial score (nSPS) is 47.2. The van der Waals surface area contributed by atoms with E-state index in [1.165, 1.54) is 12.8 Å². The summed E-state index contributed by atoms with van der Waals surface area (Å²) in [7, 11) is 0. The molecule has 154 valence electrons. The molecule has 2 bridgehead atoms. The lowest BCUT2D eigenvalue weighted by molar-refractivity contribution is -0.00814. The Morgan fingerprint density at radius 3 is 2.85 bits per heavy atom. The fourth-order valence-corrected chi connectivity index (χ4v) is 6.07. The molecule has 0 saturated carbocycles. The van der Waals surface area contributed by atoms with Crippen molar-refractivity contribution in [2.75, 3.05) is 45.8 Å². The maximum absolute atomic E-state index is 14.3. The first-order chi connectivity index (χ1) is 13.3. The zero-order chi connectivity index (χ0) is 18.2.